The van der Waals surface area contributed by atoms with Crippen molar-refractivity contribution in [2.75, 3.05) is 25.7 Å². The summed E-state index contributed by atoms with van der Waals surface area (Å²) >= 11 is 2.32. The number of aromatic nitrogens is 1. The van der Waals surface area contributed by atoms with Gasteiger partial charge in [0.2, 0.25) is 11.8 Å². The van der Waals surface area contributed by atoms with E-state index in [1.807, 2.05) is 19.1 Å². The third kappa shape index (κ3) is 3.57. The first kappa shape index (κ1) is 22.5. The smallest absolute Gasteiger partial charge is 0.305 e. The fourth-order valence-corrected chi connectivity index (χ4v) is 7.05. The lowest BCUT2D eigenvalue weighted by Crippen LogP contribution is -2.32. The van der Waals surface area contributed by atoms with E-state index >= 15 is 0 Å². The molecule has 0 bridgehead atoms. The molecule has 1 saturated heterocycles. The lowest BCUT2D eigenvalue weighted by atomic mass is 9.83. The minimum Gasteiger partial charge on any atom is -0.494 e. The Morgan fingerprint density at radius 3 is 2.38 bits per heavy atom. The number of hydrogen-bond acceptors (Lipinski definition) is 8. The maximum atomic E-state index is 13.8. The molecule has 2 aliphatic heterocycles. The molecule has 3 aromatic rings. The monoisotopic (exact) mass is 498 g/mol. The normalized spacial score (nSPS) is 21.3. The lowest BCUT2D eigenvalue weighted by Gasteiger charge is -2.30. The Morgan fingerprint density at radius 2 is 1.71 bits per heavy atom. The molecule has 5 rings (SSSR count). The molecule has 1 aromatic heterocycles. The first-order chi connectivity index (χ1) is 16.5. The summed E-state index contributed by atoms with van der Waals surface area (Å²) in [5.41, 5.74) is 1.27. The Labute approximate surface area is 203 Å². The number of methoxy groups -OCH3 is 2. The minimum absolute atomic E-state index is 0.216. The molecule has 0 saturated carbocycles. The van der Waals surface area contributed by atoms with Crippen molar-refractivity contribution >= 4 is 40.6 Å². The SMILES string of the molecule is CCOc1ccc(N2C(=O)[C@H]3[C@H](c4ccc(OC)c(OC)c4)c4sc(=O)[nH]c4S[C@@H]3C2=O)cc1. The summed E-state index contributed by atoms with van der Waals surface area (Å²) in [4.78, 5) is 44.1. The van der Waals surface area contributed by atoms with Gasteiger partial charge in [-0.3, -0.25) is 14.4 Å². The molecule has 3 atom stereocenters. The quantitative estimate of drug-likeness (QED) is 0.518. The first-order valence-corrected chi connectivity index (χ1v) is 12.4. The summed E-state index contributed by atoms with van der Waals surface area (Å²) in [6, 6.07) is 12.3. The number of amides is 2. The molecule has 2 amide bonds. The number of aromatic amines is 1. The molecule has 1 N–H and O–H groups in total. The van der Waals surface area contributed by atoms with E-state index in [0.717, 1.165) is 21.8 Å². The van der Waals surface area contributed by atoms with Crippen molar-refractivity contribution in [1.82, 2.24) is 4.98 Å². The van der Waals surface area contributed by atoms with Gasteiger partial charge in [-0.15, -0.1) is 0 Å². The largest absolute Gasteiger partial charge is 0.494 e. The molecule has 3 heterocycles. The van der Waals surface area contributed by atoms with E-state index in [2.05, 4.69) is 4.98 Å². The highest BCUT2D eigenvalue weighted by atomic mass is 32.2. The fourth-order valence-electron chi connectivity index (χ4n) is 4.53. The number of carbonyl (C=O) groups is 2. The summed E-state index contributed by atoms with van der Waals surface area (Å²) in [5, 5.41) is -0.0272. The molecule has 8 nitrogen and oxygen atoms in total. The van der Waals surface area contributed by atoms with Crippen LogP contribution in [-0.2, 0) is 9.59 Å². The Bertz CT molecular complexity index is 1320. The minimum atomic E-state index is -0.666. The number of fused-ring (bicyclic) bond motifs is 2. The van der Waals surface area contributed by atoms with Gasteiger partial charge in [0, 0.05) is 10.8 Å². The number of H-pyrrole nitrogens is 1. The van der Waals surface area contributed by atoms with Gasteiger partial charge in [0.05, 0.1) is 37.5 Å². The highest BCUT2D eigenvalue weighted by molar-refractivity contribution is 8.00. The van der Waals surface area contributed by atoms with Gasteiger partial charge in [-0.2, -0.15) is 0 Å². The lowest BCUT2D eigenvalue weighted by molar-refractivity contribution is -0.122. The molecular formula is C24H22N2O6S2. The molecule has 176 valence electrons. The number of hydrogen-bond donors (Lipinski definition) is 1. The standard InChI is InChI=1S/C24H22N2O6S2/c1-4-32-14-8-6-13(7-9-14)26-22(27)18-17(12-5-10-15(30-2)16(11-12)31-3)19-21(25-24(29)34-19)33-20(18)23(26)28/h5-11,17-18,20H,4H2,1-3H3,(H,25,29)/t17-,18-,20-/m0/s1. The zero-order valence-electron chi connectivity index (χ0n) is 18.7. The molecule has 2 aromatic carbocycles. The fraction of sp³-hybridized carbons (Fsp3) is 0.292. The summed E-state index contributed by atoms with van der Waals surface area (Å²) in [7, 11) is 3.09. The molecule has 10 heteroatoms. The summed E-state index contributed by atoms with van der Waals surface area (Å²) in [5.74, 6) is 0.000280. The van der Waals surface area contributed by atoms with E-state index < -0.39 is 17.1 Å². The second-order valence-corrected chi connectivity index (χ2v) is 9.97. The number of rotatable bonds is 6. The number of nitrogens with zero attached hydrogens (tertiary/aromatic N) is 1. The van der Waals surface area contributed by atoms with Crippen molar-refractivity contribution in [1.29, 1.82) is 0 Å². The maximum Gasteiger partial charge on any atom is 0.305 e. The van der Waals surface area contributed by atoms with Crippen LogP contribution in [0.4, 0.5) is 5.69 Å². The molecule has 2 aliphatic rings. The van der Waals surface area contributed by atoms with Gasteiger partial charge < -0.3 is 19.2 Å². The van der Waals surface area contributed by atoms with Crippen LogP contribution in [0.5, 0.6) is 17.2 Å². The van der Waals surface area contributed by atoms with E-state index in [9.17, 15) is 14.4 Å². The number of anilines is 1. The number of benzene rings is 2. The third-order valence-corrected chi connectivity index (χ3v) is 8.40. The topological polar surface area (TPSA) is 97.9 Å². The van der Waals surface area contributed by atoms with Crippen LogP contribution in [0.25, 0.3) is 0 Å². The summed E-state index contributed by atoms with van der Waals surface area (Å²) in [6.07, 6.45) is 0. The van der Waals surface area contributed by atoms with Gasteiger partial charge in [0.25, 0.3) is 0 Å². The second-order valence-electron chi connectivity index (χ2n) is 7.80. The summed E-state index contributed by atoms with van der Waals surface area (Å²) < 4.78 is 16.3. The molecule has 0 unspecified atom stereocenters. The molecular weight excluding hydrogens is 476 g/mol. The molecule has 1 fully saturated rings. The predicted octanol–water partition coefficient (Wildman–Crippen LogP) is 3.65. The van der Waals surface area contributed by atoms with Gasteiger partial charge in [-0.05, 0) is 48.9 Å². The maximum absolute atomic E-state index is 13.8. The van der Waals surface area contributed by atoms with E-state index in [0.29, 0.717) is 34.6 Å². The molecule has 0 spiro atoms. The van der Waals surface area contributed by atoms with Crippen molar-refractivity contribution in [2.24, 2.45) is 5.92 Å². The van der Waals surface area contributed by atoms with Crippen molar-refractivity contribution in [3.8, 4) is 17.2 Å². The van der Waals surface area contributed by atoms with E-state index in [1.54, 1.807) is 44.6 Å². The average molecular weight is 499 g/mol. The zero-order chi connectivity index (χ0) is 24.0. The van der Waals surface area contributed by atoms with Crippen LogP contribution in [-0.4, -0.2) is 42.9 Å². The predicted molar refractivity (Wildman–Crippen MR) is 130 cm³/mol. The van der Waals surface area contributed by atoms with E-state index in [4.69, 9.17) is 14.2 Å². The van der Waals surface area contributed by atoms with Crippen LogP contribution in [0, 0.1) is 5.92 Å². The number of ether oxygens (including phenoxy) is 3. The number of thiazole rings is 1. The highest BCUT2D eigenvalue weighted by Gasteiger charge is 2.56. The number of imide groups is 1. The number of nitrogens with one attached hydrogen (secondary N) is 1. The van der Waals surface area contributed by atoms with E-state index in [-0.39, 0.29) is 16.7 Å². The zero-order valence-corrected chi connectivity index (χ0v) is 20.3. The molecule has 0 radical (unpaired) electrons. The van der Waals surface area contributed by atoms with Gasteiger partial charge >= 0.3 is 4.87 Å². The van der Waals surface area contributed by atoms with E-state index in [1.165, 1.54) is 16.7 Å². The number of carbonyl (C=O) groups excluding carboxylic acids is 2. The van der Waals surface area contributed by atoms with Crippen molar-refractivity contribution in [3.05, 3.63) is 62.6 Å². The van der Waals surface area contributed by atoms with Crippen LogP contribution in [0.2, 0.25) is 0 Å². The molecule has 0 aliphatic carbocycles. The van der Waals surface area contributed by atoms with Gasteiger partial charge in [-0.25, -0.2) is 4.90 Å². The Kier molecular flexibility index (Phi) is 5.86. The van der Waals surface area contributed by atoms with Crippen molar-refractivity contribution in [2.45, 2.75) is 23.1 Å². The average Bonchev–Trinajstić information content (AvgIpc) is 3.34. The van der Waals surface area contributed by atoms with Gasteiger partial charge in [0.15, 0.2) is 11.5 Å². The van der Waals surface area contributed by atoms with Crippen molar-refractivity contribution in [3.63, 3.8) is 0 Å². The third-order valence-electron chi connectivity index (χ3n) is 6.00. The summed E-state index contributed by atoms with van der Waals surface area (Å²) in [6.45, 7) is 2.41. The second kappa shape index (κ2) is 8.84. The highest BCUT2D eigenvalue weighted by Crippen LogP contribution is 2.53. The number of thioether (sulfide) groups is 1. The molecule has 34 heavy (non-hydrogen) atoms. The van der Waals surface area contributed by atoms with Gasteiger partial charge in [0.1, 0.15) is 11.0 Å². The Morgan fingerprint density at radius 1 is 0.971 bits per heavy atom. The van der Waals surface area contributed by atoms with Crippen LogP contribution in [0.3, 0.4) is 0 Å². The van der Waals surface area contributed by atoms with Crippen LogP contribution in [0.1, 0.15) is 23.3 Å². The Hall–Kier alpha value is -3.24. The van der Waals surface area contributed by atoms with Crippen molar-refractivity contribution < 1.29 is 23.8 Å². The van der Waals surface area contributed by atoms with Crippen LogP contribution >= 0.6 is 23.1 Å². The van der Waals surface area contributed by atoms with Crippen LogP contribution in [0.15, 0.2) is 52.3 Å². The van der Waals surface area contributed by atoms with Gasteiger partial charge in [-0.1, -0.05) is 29.2 Å². The Balaban J connectivity index is 1.60. The first-order valence-electron chi connectivity index (χ1n) is 10.7. The van der Waals surface area contributed by atoms with Crippen LogP contribution < -0.4 is 24.0 Å².